The Hall–Kier alpha value is -2.05. The molecule has 4 N–H and O–H groups in total. The number of aliphatic carboxylic acids is 1. The molecule has 0 spiro atoms. The molecule has 23 heavy (non-hydrogen) atoms. The summed E-state index contributed by atoms with van der Waals surface area (Å²) < 4.78 is 0.0971. The van der Waals surface area contributed by atoms with E-state index in [0.29, 0.717) is 5.56 Å². The van der Waals surface area contributed by atoms with Crippen molar-refractivity contribution in [2.24, 2.45) is 0 Å². The van der Waals surface area contributed by atoms with Crippen molar-refractivity contribution in [2.75, 3.05) is 6.54 Å². The van der Waals surface area contributed by atoms with Gasteiger partial charge in [0.2, 0.25) is 0 Å². The van der Waals surface area contributed by atoms with Crippen LogP contribution in [-0.4, -0.2) is 32.5 Å². The lowest BCUT2D eigenvalue weighted by atomic mass is 10.1. The van der Waals surface area contributed by atoms with Gasteiger partial charge in [-0.2, -0.15) is 0 Å². The average Bonchev–Trinajstić information content (AvgIpc) is 2.40. The first kappa shape index (κ1) is 19.0. The molecule has 1 aromatic heterocycles. The van der Waals surface area contributed by atoms with Gasteiger partial charge < -0.3 is 20.4 Å². The molecule has 0 unspecified atom stereocenters. The summed E-state index contributed by atoms with van der Waals surface area (Å²) in [4.78, 5) is 48.2. The Labute approximate surface area is 146 Å². The minimum Gasteiger partial charge on any atom is -0.480 e. The number of aromatic amines is 2. The van der Waals surface area contributed by atoms with Gasteiger partial charge in [0.05, 0.1) is 21.5 Å². The molecule has 0 atom stereocenters. The molecule has 124 valence electrons. The van der Waals surface area contributed by atoms with Gasteiger partial charge in [-0.05, 0) is 27.6 Å². The molecule has 0 aliphatic carbocycles. The number of carboxylic acids is 1. The number of rotatable bonds is 5. The van der Waals surface area contributed by atoms with Gasteiger partial charge in [0.15, 0.2) is 0 Å². The second-order valence-electron chi connectivity index (χ2n) is 4.28. The van der Waals surface area contributed by atoms with Crippen molar-refractivity contribution in [3.8, 4) is 0 Å². The summed E-state index contributed by atoms with van der Waals surface area (Å²) in [7, 11) is 0. The molecule has 1 heterocycles. The summed E-state index contributed by atoms with van der Waals surface area (Å²) >= 11 is 3.03. The third-order valence-electron chi connectivity index (χ3n) is 2.79. The van der Waals surface area contributed by atoms with Gasteiger partial charge in [-0.25, -0.2) is 0 Å². The average molecular weight is 454 g/mol. The maximum absolute atomic E-state index is 11.4. The first-order valence-corrected chi connectivity index (χ1v) is 6.65. The molecule has 10 nitrogen and oxygen atoms in total. The first-order valence-electron chi connectivity index (χ1n) is 5.86. The van der Waals surface area contributed by atoms with Crippen LogP contribution in [0.5, 0.6) is 0 Å². The number of aromatic nitrogens is 2. The number of H-pyrrole nitrogens is 2. The second kappa shape index (κ2) is 7.48. The number of halogens is 2. The van der Waals surface area contributed by atoms with Gasteiger partial charge in [0, 0.05) is 6.54 Å². The Morgan fingerprint density at radius 2 is 1.87 bits per heavy atom. The van der Waals surface area contributed by atoms with E-state index in [9.17, 15) is 24.5 Å². The van der Waals surface area contributed by atoms with Crippen LogP contribution in [-0.2, 0) is 11.3 Å². The fraction of sp³-hybridized carbons (Fsp3) is 0.182. The lowest BCUT2D eigenvalue weighted by Gasteiger charge is -2.08. The van der Waals surface area contributed by atoms with Crippen molar-refractivity contribution < 1.29 is 14.8 Å². The van der Waals surface area contributed by atoms with Crippen LogP contribution in [0.4, 0.5) is 5.69 Å². The molecule has 0 aliphatic rings. The SMILES string of the molecule is Br.O=C(O)CNCc1cc(Br)c([N+](=O)[O-])c2[nH]c(=O)c(=O)[nH]c12. The maximum Gasteiger partial charge on any atom is 0.317 e. The predicted molar refractivity (Wildman–Crippen MR) is 89.2 cm³/mol. The Morgan fingerprint density at radius 3 is 2.39 bits per heavy atom. The highest BCUT2D eigenvalue weighted by molar-refractivity contribution is 9.10. The van der Waals surface area contributed by atoms with Crippen LogP contribution in [0, 0.1) is 10.1 Å². The van der Waals surface area contributed by atoms with Crippen molar-refractivity contribution in [2.45, 2.75) is 6.54 Å². The molecule has 0 saturated carbocycles. The van der Waals surface area contributed by atoms with E-state index in [4.69, 9.17) is 5.11 Å². The Balaban J connectivity index is 0.00000264. The molecule has 0 amide bonds. The highest BCUT2D eigenvalue weighted by atomic mass is 79.9. The number of hydrogen-bond acceptors (Lipinski definition) is 6. The Morgan fingerprint density at radius 1 is 1.30 bits per heavy atom. The monoisotopic (exact) mass is 452 g/mol. The van der Waals surface area contributed by atoms with Gasteiger partial charge in [-0.15, -0.1) is 17.0 Å². The summed E-state index contributed by atoms with van der Waals surface area (Å²) in [5.74, 6) is -1.08. The second-order valence-corrected chi connectivity index (χ2v) is 5.13. The number of nitro benzene ring substituents is 1. The predicted octanol–water partition coefficient (Wildman–Crippen LogP) is 0.639. The number of carboxylic acid groups (broad SMARTS) is 1. The van der Waals surface area contributed by atoms with Crippen LogP contribution in [0.15, 0.2) is 20.1 Å². The number of nitrogens with zero attached hydrogens (tertiary/aromatic N) is 1. The normalized spacial score (nSPS) is 10.3. The summed E-state index contributed by atoms with van der Waals surface area (Å²) in [6.45, 7) is -0.301. The lowest BCUT2D eigenvalue weighted by Crippen LogP contribution is -2.30. The van der Waals surface area contributed by atoms with E-state index in [1.807, 2.05) is 0 Å². The minimum atomic E-state index is -1.08. The molecule has 12 heteroatoms. The Kier molecular flexibility index (Phi) is 6.18. The molecular weight excluding hydrogens is 444 g/mol. The third-order valence-corrected chi connectivity index (χ3v) is 3.40. The number of carbonyl (C=O) groups is 1. The van der Waals surface area contributed by atoms with Gasteiger partial charge in [0.1, 0.15) is 5.52 Å². The van der Waals surface area contributed by atoms with Gasteiger partial charge >= 0.3 is 22.8 Å². The van der Waals surface area contributed by atoms with Gasteiger partial charge in [0.25, 0.3) is 0 Å². The van der Waals surface area contributed by atoms with E-state index in [1.54, 1.807) is 0 Å². The summed E-state index contributed by atoms with van der Waals surface area (Å²) in [6, 6.07) is 1.38. The van der Waals surface area contributed by atoms with Crippen LogP contribution >= 0.6 is 32.9 Å². The number of fused-ring (bicyclic) bond motifs is 1. The fourth-order valence-corrected chi connectivity index (χ4v) is 2.54. The highest BCUT2D eigenvalue weighted by Crippen LogP contribution is 2.32. The minimum absolute atomic E-state index is 0. The Bertz CT molecular complexity index is 890. The smallest absolute Gasteiger partial charge is 0.317 e. The van der Waals surface area contributed by atoms with E-state index in [1.165, 1.54) is 6.07 Å². The standard InChI is InChI=1S/C11H9BrN4O6.BrH/c12-5-1-4(2-13-3-6(17)18)7-8(9(5)16(21)22)15-11(20)10(19)14-7;/h1,13H,2-3H2,(H,14,19)(H,15,20)(H,17,18);1H. The molecule has 0 fully saturated rings. The van der Waals surface area contributed by atoms with Gasteiger partial charge in [-0.3, -0.25) is 24.5 Å². The molecule has 2 rings (SSSR count). The van der Waals surface area contributed by atoms with Crippen LogP contribution in [0.3, 0.4) is 0 Å². The molecule has 2 aromatic rings. The van der Waals surface area contributed by atoms with Crippen molar-refractivity contribution in [3.63, 3.8) is 0 Å². The number of nitro groups is 1. The lowest BCUT2D eigenvalue weighted by molar-refractivity contribution is -0.384. The molecule has 0 radical (unpaired) electrons. The summed E-state index contributed by atoms with van der Waals surface area (Å²) in [5, 5.41) is 22.3. The van der Waals surface area contributed by atoms with Crippen molar-refractivity contribution in [3.05, 3.63) is 46.9 Å². The third kappa shape index (κ3) is 4.03. The van der Waals surface area contributed by atoms with E-state index in [2.05, 4.69) is 31.2 Å². The van der Waals surface area contributed by atoms with Gasteiger partial charge in [-0.1, -0.05) is 0 Å². The van der Waals surface area contributed by atoms with Crippen molar-refractivity contribution >= 4 is 55.6 Å². The van der Waals surface area contributed by atoms with Crippen LogP contribution < -0.4 is 16.4 Å². The molecule has 0 saturated heterocycles. The molecule has 0 bridgehead atoms. The van der Waals surface area contributed by atoms with Crippen LogP contribution in [0.1, 0.15) is 5.56 Å². The van der Waals surface area contributed by atoms with Crippen molar-refractivity contribution in [1.29, 1.82) is 0 Å². The largest absolute Gasteiger partial charge is 0.480 e. The van der Waals surface area contributed by atoms with E-state index in [-0.39, 0.29) is 45.6 Å². The number of hydrogen-bond donors (Lipinski definition) is 4. The molecule has 0 aliphatic heterocycles. The molecular formula is C11H10Br2N4O6. The first-order chi connectivity index (χ1) is 10.3. The maximum atomic E-state index is 11.4. The van der Waals surface area contributed by atoms with Crippen LogP contribution in [0.2, 0.25) is 0 Å². The van der Waals surface area contributed by atoms with Crippen molar-refractivity contribution in [1.82, 2.24) is 15.3 Å². The summed E-state index contributed by atoms with van der Waals surface area (Å²) in [5.41, 5.74) is -2.05. The number of benzene rings is 1. The quantitative estimate of drug-likeness (QED) is 0.293. The fourth-order valence-electron chi connectivity index (χ4n) is 1.92. The van der Waals surface area contributed by atoms with E-state index >= 15 is 0 Å². The van der Waals surface area contributed by atoms with E-state index < -0.39 is 27.7 Å². The highest BCUT2D eigenvalue weighted by Gasteiger charge is 2.22. The summed E-state index contributed by atoms with van der Waals surface area (Å²) in [6.07, 6.45) is 0. The topological polar surface area (TPSA) is 158 Å². The van der Waals surface area contributed by atoms with E-state index in [0.717, 1.165) is 0 Å². The zero-order valence-electron chi connectivity index (χ0n) is 11.2. The molecule has 1 aromatic carbocycles. The van der Waals surface area contributed by atoms with Crippen LogP contribution in [0.25, 0.3) is 11.0 Å². The zero-order valence-corrected chi connectivity index (χ0v) is 14.5. The zero-order chi connectivity index (χ0) is 16.4. The number of nitrogens with one attached hydrogen (secondary N) is 3.